The topological polar surface area (TPSA) is 93.3 Å². The molecule has 3 aromatic rings. The Balaban J connectivity index is 0.000000454. The third-order valence-electron chi connectivity index (χ3n) is 5.75. The Morgan fingerprint density at radius 1 is 1.21 bits per heavy atom. The van der Waals surface area contributed by atoms with Crippen molar-refractivity contribution in [3.8, 4) is 17.3 Å². The van der Waals surface area contributed by atoms with Crippen molar-refractivity contribution in [1.29, 1.82) is 5.26 Å². The van der Waals surface area contributed by atoms with E-state index in [1.807, 2.05) is 43.4 Å². The molecule has 1 aliphatic rings. The molecule has 33 heavy (non-hydrogen) atoms. The number of hydrogen-bond donors (Lipinski definition) is 1. The number of aromatic nitrogens is 1. The lowest BCUT2D eigenvalue weighted by Crippen LogP contribution is -2.18. The van der Waals surface area contributed by atoms with Crippen molar-refractivity contribution in [2.24, 2.45) is 0 Å². The van der Waals surface area contributed by atoms with Gasteiger partial charge in [-0.05, 0) is 62.9 Å². The fraction of sp³-hybridized carbons (Fsp3) is 0.346. The number of nitrogens with zero attached hydrogens (tertiary/aromatic N) is 2. The zero-order valence-electron chi connectivity index (χ0n) is 19.4. The molecule has 0 spiro atoms. The summed E-state index contributed by atoms with van der Waals surface area (Å²) in [6.07, 6.45) is 3.38. The molecular weight excluding hydrogens is 418 g/mol. The highest BCUT2D eigenvalue weighted by atomic mass is 16.5. The number of nitriles is 1. The molecule has 0 radical (unpaired) electrons. The van der Waals surface area contributed by atoms with Gasteiger partial charge < -0.3 is 19.4 Å². The number of carbonyl (C=O) groups is 2. The molecule has 1 fully saturated rings. The van der Waals surface area contributed by atoms with Crippen molar-refractivity contribution in [2.45, 2.75) is 45.3 Å². The number of anilines is 1. The van der Waals surface area contributed by atoms with Gasteiger partial charge in [-0.1, -0.05) is 18.2 Å². The van der Waals surface area contributed by atoms with E-state index in [2.05, 4.69) is 20.7 Å². The summed E-state index contributed by atoms with van der Waals surface area (Å²) in [5.41, 5.74) is 5.05. The van der Waals surface area contributed by atoms with E-state index in [4.69, 9.17) is 4.74 Å². The van der Waals surface area contributed by atoms with Crippen molar-refractivity contribution in [2.75, 3.05) is 19.5 Å². The molecule has 0 aliphatic heterocycles. The van der Waals surface area contributed by atoms with Gasteiger partial charge in [-0.25, -0.2) is 4.79 Å². The molecule has 1 saturated carbocycles. The Morgan fingerprint density at radius 3 is 2.36 bits per heavy atom. The van der Waals surface area contributed by atoms with Gasteiger partial charge in [-0.15, -0.1) is 0 Å². The smallest absolute Gasteiger partial charge is 0.337 e. The maximum Gasteiger partial charge on any atom is 0.337 e. The third-order valence-corrected chi connectivity index (χ3v) is 5.75. The van der Waals surface area contributed by atoms with Crippen LogP contribution in [0, 0.1) is 11.3 Å². The van der Waals surface area contributed by atoms with Gasteiger partial charge in [0.15, 0.2) is 0 Å². The minimum Gasteiger partial charge on any atom is -0.465 e. The fourth-order valence-electron chi connectivity index (χ4n) is 3.88. The van der Waals surface area contributed by atoms with Crippen LogP contribution in [0.25, 0.3) is 22.2 Å². The summed E-state index contributed by atoms with van der Waals surface area (Å²) in [6.45, 7) is 4.05. The van der Waals surface area contributed by atoms with E-state index in [1.165, 1.54) is 13.5 Å². The van der Waals surface area contributed by atoms with E-state index in [-0.39, 0.29) is 12.1 Å². The zero-order valence-corrected chi connectivity index (χ0v) is 19.4. The van der Waals surface area contributed by atoms with Gasteiger partial charge in [-0.3, -0.25) is 4.79 Å². The van der Waals surface area contributed by atoms with E-state index < -0.39 is 0 Å². The van der Waals surface area contributed by atoms with Crippen LogP contribution < -0.4 is 5.32 Å². The molecule has 4 rings (SSSR count). The predicted molar refractivity (Wildman–Crippen MR) is 128 cm³/mol. The second kappa shape index (κ2) is 10.7. The average molecular weight is 448 g/mol. The molecule has 0 amide bonds. The van der Waals surface area contributed by atoms with Gasteiger partial charge in [0, 0.05) is 24.2 Å². The van der Waals surface area contributed by atoms with E-state index in [0.29, 0.717) is 23.6 Å². The van der Waals surface area contributed by atoms with Crippen LogP contribution >= 0.6 is 0 Å². The van der Waals surface area contributed by atoms with E-state index in [9.17, 15) is 14.9 Å². The molecule has 7 heteroatoms. The number of fused-ring (bicyclic) bond motifs is 1. The number of ether oxygens (including phenoxy) is 2. The summed E-state index contributed by atoms with van der Waals surface area (Å²) in [6, 6.07) is 16.3. The highest BCUT2D eigenvalue weighted by Crippen LogP contribution is 2.42. The second-order valence-electron chi connectivity index (χ2n) is 8.12. The lowest BCUT2D eigenvalue weighted by Gasteiger charge is -2.30. The highest BCUT2D eigenvalue weighted by molar-refractivity contribution is 6.00. The van der Waals surface area contributed by atoms with Crippen molar-refractivity contribution < 1.29 is 19.1 Å². The number of nitrogens with one attached hydrogen (secondary N) is 1. The van der Waals surface area contributed by atoms with Crippen LogP contribution in [0.15, 0.2) is 42.5 Å². The third kappa shape index (κ3) is 5.01. The van der Waals surface area contributed by atoms with Gasteiger partial charge in [0.1, 0.15) is 6.07 Å². The van der Waals surface area contributed by atoms with Crippen LogP contribution in [0.5, 0.6) is 0 Å². The normalized spacial score (nSPS) is 12.8. The molecule has 0 atom stereocenters. The monoisotopic (exact) mass is 447 g/mol. The van der Waals surface area contributed by atoms with Gasteiger partial charge >= 0.3 is 5.97 Å². The maximum atomic E-state index is 12.0. The fourth-order valence-corrected chi connectivity index (χ4v) is 3.88. The van der Waals surface area contributed by atoms with Gasteiger partial charge in [0.25, 0.3) is 6.47 Å². The molecule has 0 bridgehead atoms. The molecule has 1 aliphatic carbocycles. The van der Waals surface area contributed by atoms with Gasteiger partial charge in [0.2, 0.25) is 0 Å². The lowest BCUT2D eigenvalue weighted by atomic mass is 9.92. The average Bonchev–Trinajstić information content (AvgIpc) is 3.11. The molecule has 1 aromatic heterocycles. The van der Waals surface area contributed by atoms with Crippen LogP contribution in [-0.2, 0) is 14.3 Å². The molecule has 1 N–H and O–H groups in total. The van der Waals surface area contributed by atoms with Crippen molar-refractivity contribution in [3.63, 3.8) is 0 Å². The first-order valence-electron chi connectivity index (χ1n) is 11.0. The molecule has 2 aromatic carbocycles. The number of esters is 1. The van der Waals surface area contributed by atoms with E-state index in [1.54, 1.807) is 19.9 Å². The first-order valence-corrected chi connectivity index (χ1v) is 11.0. The predicted octanol–water partition coefficient (Wildman–Crippen LogP) is 5.30. The summed E-state index contributed by atoms with van der Waals surface area (Å²) in [5, 5.41) is 13.9. The number of carbonyl (C=O) groups excluding carboxylic acids is 2. The van der Waals surface area contributed by atoms with Crippen molar-refractivity contribution in [3.05, 3.63) is 53.6 Å². The summed E-state index contributed by atoms with van der Waals surface area (Å²) in [4.78, 5) is 21.4. The Bertz CT molecular complexity index is 1170. The molecular formula is C26H29N3O4. The Labute approximate surface area is 193 Å². The molecule has 1 heterocycles. The second-order valence-corrected chi connectivity index (χ2v) is 8.12. The Kier molecular flexibility index (Phi) is 7.73. The molecule has 7 nitrogen and oxygen atoms in total. The van der Waals surface area contributed by atoms with Crippen LogP contribution in [0.1, 0.15) is 55.1 Å². The SMILES string of the molecule is CC(C)OC=O.CNc1ccc(-c2c(C#N)c3ccc(C(=O)OC)cc3n2C2CCC2)cc1. The first-order chi connectivity index (χ1) is 15.9. The van der Waals surface area contributed by atoms with Crippen molar-refractivity contribution >= 4 is 29.0 Å². The van der Waals surface area contributed by atoms with Crippen LogP contribution in [0.3, 0.4) is 0 Å². The number of methoxy groups -OCH3 is 1. The quantitative estimate of drug-likeness (QED) is 0.407. The van der Waals surface area contributed by atoms with Crippen LogP contribution in [0.2, 0.25) is 0 Å². The van der Waals surface area contributed by atoms with Crippen molar-refractivity contribution in [1.82, 2.24) is 4.57 Å². The maximum absolute atomic E-state index is 12.0. The summed E-state index contributed by atoms with van der Waals surface area (Å²) in [5.74, 6) is -0.364. The van der Waals surface area contributed by atoms with Gasteiger partial charge in [-0.2, -0.15) is 5.26 Å². The lowest BCUT2D eigenvalue weighted by molar-refractivity contribution is -0.131. The molecule has 0 saturated heterocycles. The highest BCUT2D eigenvalue weighted by Gasteiger charge is 2.28. The van der Waals surface area contributed by atoms with Gasteiger partial charge in [0.05, 0.1) is 35.6 Å². The Morgan fingerprint density at radius 2 is 1.91 bits per heavy atom. The van der Waals surface area contributed by atoms with Crippen LogP contribution in [0.4, 0.5) is 5.69 Å². The largest absolute Gasteiger partial charge is 0.465 e. The first kappa shape index (κ1) is 23.9. The minimum atomic E-state index is -0.364. The zero-order chi connectivity index (χ0) is 24.0. The van der Waals surface area contributed by atoms with E-state index in [0.717, 1.165) is 40.7 Å². The molecule has 0 unspecified atom stereocenters. The standard InChI is InChI=1S/C22H21N3O2.C4H8O2/c1-24-16-9-6-14(7-10-16)21-19(13-23)18-11-8-15(22(26)27-2)12-20(18)25(21)17-4-3-5-17;1-4(2)6-3-5/h6-12,17,24H,3-5H2,1-2H3;3-4H,1-2H3. The minimum absolute atomic E-state index is 0.0301. The molecule has 172 valence electrons. The number of benzene rings is 2. The van der Waals surface area contributed by atoms with E-state index >= 15 is 0 Å². The number of hydrogen-bond acceptors (Lipinski definition) is 6. The summed E-state index contributed by atoms with van der Waals surface area (Å²) >= 11 is 0. The Hall–Kier alpha value is -3.79. The summed E-state index contributed by atoms with van der Waals surface area (Å²) in [7, 11) is 3.27. The van der Waals surface area contributed by atoms with Crippen LogP contribution in [-0.4, -0.2) is 37.3 Å². The number of rotatable bonds is 6. The summed E-state index contributed by atoms with van der Waals surface area (Å²) < 4.78 is 11.5.